The Morgan fingerprint density at radius 2 is 1.20 bits per heavy atom. The molecule has 0 heterocycles. The molecule has 0 bridgehead atoms. The molecule has 0 aliphatic rings. The van der Waals surface area contributed by atoms with Gasteiger partial charge in [0.25, 0.3) is 0 Å². The second-order valence-corrected chi connectivity index (χ2v) is 1.60. The van der Waals surface area contributed by atoms with Crippen LogP contribution in [0, 0.1) is 0 Å². The summed E-state index contributed by atoms with van der Waals surface area (Å²) in [6.45, 7) is 2.62. The SMILES string of the molecule is COCCOCCOC.N. The van der Waals surface area contributed by atoms with Crippen molar-refractivity contribution >= 4 is 0 Å². The molecule has 0 rings (SSSR count). The van der Waals surface area contributed by atoms with Gasteiger partial charge in [0.05, 0.1) is 26.4 Å². The molecule has 4 nitrogen and oxygen atoms in total. The van der Waals surface area contributed by atoms with Gasteiger partial charge in [-0.3, -0.25) is 0 Å². The molecule has 0 aliphatic carbocycles. The van der Waals surface area contributed by atoms with Crippen molar-refractivity contribution in [3.63, 3.8) is 0 Å². The maximum Gasteiger partial charge on any atom is 0.0701 e. The zero-order valence-corrected chi connectivity index (χ0v) is 6.76. The number of methoxy groups -OCH3 is 2. The average Bonchev–Trinajstić information content (AvgIpc) is 1.89. The number of hydrogen-bond acceptors (Lipinski definition) is 4. The first-order valence-electron chi connectivity index (χ1n) is 2.97. The summed E-state index contributed by atoms with van der Waals surface area (Å²) in [6, 6.07) is 0. The highest BCUT2D eigenvalue weighted by molar-refractivity contribution is 4.28. The van der Waals surface area contributed by atoms with E-state index in [1.165, 1.54) is 0 Å². The lowest BCUT2D eigenvalue weighted by molar-refractivity contribution is 0.0385. The third kappa shape index (κ3) is 10.8. The van der Waals surface area contributed by atoms with Crippen LogP contribution in [-0.4, -0.2) is 40.6 Å². The lowest BCUT2D eigenvalue weighted by Crippen LogP contribution is -2.06. The van der Waals surface area contributed by atoms with Gasteiger partial charge in [-0.2, -0.15) is 0 Å². The summed E-state index contributed by atoms with van der Waals surface area (Å²) >= 11 is 0. The lowest BCUT2D eigenvalue weighted by Gasteiger charge is -2.00. The van der Waals surface area contributed by atoms with Crippen molar-refractivity contribution < 1.29 is 14.2 Å². The minimum Gasteiger partial charge on any atom is -0.382 e. The quantitative estimate of drug-likeness (QED) is 0.560. The maximum absolute atomic E-state index is 5.06. The summed E-state index contributed by atoms with van der Waals surface area (Å²) < 4.78 is 14.6. The van der Waals surface area contributed by atoms with Gasteiger partial charge in [0.2, 0.25) is 0 Å². The van der Waals surface area contributed by atoms with Gasteiger partial charge in [0, 0.05) is 14.2 Å². The average molecular weight is 151 g/mol. The smallest absolute Gasteiger partial charge is 0.0701 e. The van der Waals surface area contributed by atoms with E-state index in [0.717, 1.165) is 0 Å². The second-order valence-electron chi connectivity index (χ2n) is 1.60. The minimum absolute atomic E-state index is 0. The van der Waals surface area contributed by atoms with Crippen LogP contribution in [0.1, 0.15) is 0 Å². The standard InChI is InChI=1S/C6H14O3.H3N/c1-7-3-5-9-6-4-8-2;/h3-6H2,1-2H3;1H3. The van der Waals surface area contributed by atoms with Gasteiger partial charge in [-0.05, 0) is 0 Å². The van der Waals surface area contributed by atoms with Crippen molar-refractivity contribution in [2.75, 3.05) is 40.6 Å². The third-order valence-electron chi connectivity index (χ3n) is 0.864. The molecule has 0 aliphatic heterocycles. The topological polar surface area (TPSA) is 62.7 Å². The van der Waals surface area contributed by atoms with Crippen LogP contribution in [0.3, 0.4) is 0 Å². The van der Waals surface area contributed by atoms with E-state index >= 15 is 0 Å². The predicted octanol–water partition coefficient (Wildman–Crippen LogP) is 0.458. The molecule has 0 unspecified atom stereocenters. The van der Waals surface area contributed by atoms with E-state index in [-0.39, 0.29) is 6.15 Å². The molecule has 0 saturated carbocycles. The summed E-state index contributed by atoms with van der Waals surface area (Å²) in [5, 5.41) is 0. The fourth-order valence-electron chi connectivity index (χ4n) is 0.387. The Bertz CT molecular complexity index is 46.3. The summed E-state index contributed by atoms with van der Waals surface area (Å²) in [4.78, 5) is 0. The number of ether oxygens (including phenoxy) is 3. The Morgan fingerprint density at radius 3 is 1.50 bits per heavy atom. The summed E-state index contributed by atoms with van der Waals surface area (Å²) in [5.41, 5.74) is 0. The van der Waals surface area contributed by atoms with Crippen LogP contribution in [-0.2, 0) is 14.2 Å². The van der Waals surface area contributed by atoms with E-state index < -0.39 is 0 Å². The molecule has 0 radical (unpaired) electrons. The van der Waals surface area contributed by atoms with Gasteiger partial charge in [0.1, 0.15) is 0 Å². The zero-order chi connectivity index (χ0) is 6.95. The number of hydrogen-bond donors (Lipinski definition) is 1. The van der Waals surface area contributed by atoms with Crippen LogP contribution in [0.15, 0.2) is 0 Å². The van der Waals surface area contributed by atoms with Crippen molar-refractivity contribution in [1.82, 2.24) is 6.15 Å². The fraction of sp³-hybridized carbons (Fsp3) is 1.00. The van der Waals surface area contributed by atoms with Crippen LogP contribution in [0.5, 0.6) is 0 Å². The van der Waals surface area contributed by atoms with E-state index in [9.17, 15) is 0 Å². The van der Waals surface area contributed by atoms with Gasteiger partial charge >= 0.3 is 0 Å². The van der Waals surface area contributed by atoms with E-state index in [1.807, 2.05) is 0 Å². The Morgan fingerprint density at radius 1 is 0.800 bits per heavy atom. The molecule has 0 spiro atoms. The molecule has 3 N–H and O–H groups in total. The van der Waals surface area contributed by atoms with Crippen molar-refractivity contribution in [2.24, 2.45) is 0 Å². The molecule has 4 heteroatoms. The fourth-order valence-corrected chi connectivity index (χ4v) is 0.387. The molecule has 0 aromatic carbocycles. The molecule has 0 fully saturated rings. The Kier molecular flexibility index (Phi) is 14.5. The maximum atomic E-state index is 5.06. The minimum atomic E-state index is 0. The van der Waals surface area contributed by atoms with E-state index in [4.69, 9.17) is 14.2 Å². The van der Waals surface area contributed by atoms with Crippen molar-refractivity contribution in [3.05, 3.63) is 0 Å². The highest BCUT2D eigenvalue weighted by Gasteiger charge is 1.84. The van der Waals surface area contributed by atoms with Gasteiger partial charge in [-0.25, -0.2) is 0 Å². The first kappa shape index (κ1) is 12.5. The zero-order valence-electron chi connectivity index (χ0n) is 6.76. The van der Waals surface area contributed by atoms with Gasteiger partial charge in [-0.15, -0.1) is 0 Å². The summed E-state index contributed by atoms with van der Waals surface area (Å²) in [6.07, 6.45) is 0. The highest BCUT2D eigenvalue weighted by Crippen LogP contribution is 1.75. The van der Waals surface area contributed by atoms with E-state index in [1.54, 1.807) is 14.2 Å². The normalized spacial score (nSPS) is 9.00. The molecule has 0 aromatic heterocycles. The predicted molar refractivity (Wildman–Crippen MR) is 39.6 cm³/mol. The van der Waals surface area contributed by atoms with Crippen LogP contribution < -0.4 is 6.15 Å². The molecule has 0 aromatic rings. The first-order valence-corrected chi connectivity index (χ1v) is 2.97. The largest absolute Gasteiger partial charge is 0.382 e. The molecule has 0 atom stereocenters. The highest BCUT2D eigenvalue weighted by atomic mass is 16.5. The third-order valence-corrected chi connectivity index (χ3v) is 0.864. The Balaban J connectivity index is 0. The number of rotatable bonds is 6. The molecule has 64 valence electrons. The monoisotopic (exact) mass is 151 g/mol. The van der Waals surface area contributed by atoms with Crippen LogP contribution in [0.2, 0.25) is 0 Å². The van der Waals surface area contributed by atoms with E-state index in [0.29, 0.717) is 26.4 Å². The molecular formula is C6H17NO3. The molecule has 0 amide bonds. The van der Waals surface area contributed by atoms with Crippen molar-refractivity contribution in [3.8, 4) is 0 Å². The Labute approximate surface area is 62.0 Å². The summed E-state index contributed by atoms with van der Waals surface area (Å²) in [7, 11) is 3.30. The van der Waals surface area contributed by atoms with Crippen molar-refractivity contribution in [2.45, 2.75) is 0 Å². The van der Waals surface area contributed by atoms with E-state index in [2.05, 4.69) is 0 Å². The van der Waals surface area contributed by atoms with Gasteiger partial charge < -0.3 is 20.4 Å². The first-order chi connectivity index (χ1) is 4.41. The van der Waals surface area contributed by atoms with Gasteiger partial charge in [-0.1, -0.05) is 0 Å². The van der Waals surface area contributed by atoms with Crippen LogP contribution >= 0.6 is 0 Å². The molecular weight excluding hydrogens is 134 g/mol. The van der Waals surface area contributed by atoms with Crippen molar-refractivity contribution in [1.29, 1.82) is 0 Å². The van der Waals surface area contributed by atoms with Crippen LogP contribution in [0.4, 0.5) is 0 Å². The Hall–Kier alpha value is -0.160. The van der Waals surface area contributed by atoms with Crippen LogP contribution in [0.25, 0.3) is 0 Å². The van der Waals surface area contributed by atoms with Gasteiger partial charge in [0.15, 0.2) is 0 Å². The molecule has 0 saturated heterocycles. The lowest BCUT2D eigenvalue weighted by atomic mass is 10.7. The second kappa shape index (κ2) is 11.6. The summed E-state index contributed by atoms with van der Waals surface area (Å²) in [5.74, 6) is 0. The molecule has 10 heavy (non-hydrogen) atoms.